The third-order valence-electron chi connectivity index (χ3n) is 2.33. The van der Waals surface area contributed by atoms with Crippen molar-refractivity contribution in [1.82, 2.24) is 0 Å². The van der Waals surface area contributed by atoms with Crippen LogP contribution in [0.1, 0.15) is 5.56 Å². The van der Waals surface area contributed by atoms with Crippen molar-refractivity contribution in [3.8, 4) is 0 Å². The van der Waals surface area contributed by atoms with E-state index in [1.807, 2.05) is 30.3 Å². The second-order valence-electron chi connectivity index (χ2n) is 3.61. The lowest BCUT2D eigenvalue weighted by Crippen LogP contribution is -1.99. The van der Waals surface area contributed by atoms with Crippen molar-refractivity contribution in [1.29, 1.82) is 0 Å². The minimum atomic E-state index is -0.259. The fourth-order valence-electron chi connectivity index (χ4n) is 1.41. The summed E-state index contributed by atoms with van der Waals surface area (Å²) in [5.41, 5.74) is 1.92. The maximum absolute atomic E-state index is 13.3. The van der Waals surface area contributed by atoms with E-state index in [1.165, 1.54) is 6.07 Å². The number of hydrogen-bond donors (Lipinski definition) is 1. The summed E-state index contributed by atoms with van der Waals surface area (Å²) in [6, 6.07) is 13.0. The highest BCUT2D eigenvalue weighted by Gasteiger charge is 2.00. The van der Waals surface area contributed by atoms with Gasteiger partial charge in [0, 0.05) is 16.7 Å². The Morgan fingerprint density at radius 2 is 1.71 bits per heavy atom. The number of benzene rings is 2. The standard InChI is InChI=1S/C13H10Br2FN/c14-10-3-1-9(2-4-10)8-17-11-5-6-12(15)13(16)7-11/h1-7,17H,8H2. The molecule has 0 aromatic heterocycles. The first kappa shape index (κ1) is 12.6. The Hall–Kier alpha value is -0.870. The Bertz CT molecular complexity index is 511. The van der Waals surface area contributed by atoms with Gasteiger partial charge >= 0.3 is 0 Å². The molecule has 2 rings (SSSR count). The Morgan fingerprint density at radius 1 is 1.00 bits per heavy atom. The van der Waals surface area contributed by atoms with Gasteiger partial charge in [-0.25, -0.2) is 4.39 Å². The largest absolute Gasteiger partial charge is 0.381 e. The van der Waals surface area contributed by atoms with Crippen molar-refractivity contribution < 1.29 is 4.39 Å². The highest BCUT2D eigenvalue weighted by atomic mass is 79.9. The molecule has 88 valence electrons. The molecule has 1 nitrogen and oxygen atoms in total. The first-order chi connectivity index (χ1) is 8.15. The minimum Gasteiger partial charge on any atom is -0.381 e. The number of halogens is 3. The van der Waals surface area contributed by atoms with E-state index in [9.17, 15) is 4.39 Å². The molecular formula is C13H10Br2FN. The van der Waals surface area contributed by atoms with Gasteiger partial charge in [0.25, 0.3) is 0 Å². The molecule has 0 unspecified atom stereocenters. The summed E-state index contributed by atoms with van der Waals surface area (Å²) in [7, 11) is 0. The van der Waals surface area contributed by atoms with Crippen LogP contribution >= 0.6 is 31.9 Å². The SMILES string of the molecule is Fc1cc(NCc2ccc(Br)cc2)ccc1Br. The van der Waals surface area contributed by atoms with E-state index in [0.717, 1.165) is 15.7 Å². The van der Waals surface area contributed by atoms with Gasteiger partial charge in [-0.05, 0) is 51.8 Å². The smallest absolute Gasteiger partial charge is 0.139 e. The van der Waals surface area contributed by atoms with Gasteiger partial charge < -0.3 is 5.32 Å². The van der Waals surface area contributed by atoms with Gasteiger partial charge in [-0.2, -0.15) is 0 Å². The van der Waals surface area contributed by atoms with E-state index in [2.05, 4.69) is 37.2 Å². The highest BCUT2D eigenvalue weighted by molar-refractivity contribution is 9.10. The molecule has 0 aliphatic rings. The van der Waals surface area contributed by atoms with Gasteiger partial charge in [-0.15, -0.1) is 0 Å². The molecule has 2 aromatic rings. The fraction of sp³-hybridized carbons (Fsp3) is 0.0769. The molecule has 0 spiro atoms. The van der Waals surface area contributed by atoms with Crippen LogP contribution in [0.4, 0.5) is 10.1 Å². The van der Waals surface area contributed by atoms with E-state index < -0.39 is 0 Å². The number of anilines is 1. The van der Waals surface area contributed by atoms with Crippen molar-refractivity contribution in [3.63, 3.8) is 0 Å². The first-order valence-electron chi connectivity index (χ1n) is 5.08. The number of hydrogen-bond acceptors (Lipinski definition) is 1. The van der Waals surface area contributed by atoms with E-state index in [4.69, 9.17) is 0 Å². The molecule has 4 heteroatoms. The maximum atomic E-state index is 13.3. The van der Waals surface area contributed by atoms with Crippen LogP contribution in [0.3, 0.4) is 0 Å². The van der Waals surface area contributed by atoms with Gasteiger partial charge in [0.15, 0.2) is 0 Å². The topological polar surface area (TPSA) is 12.0 Å². The molecule has 17 heavy (non-hydrogen) atoms. The van der Waals surface area contributed by atoms with E-state index in [1.54, 1.807) is 6.07 Å². The zero-order chi connectivity index (χ0) is 12.3. The van der Waals surface area contributed by atoms with Crippen LogP contribution in [0.2, 0.25) is 0 Å². The Kier molecular flexibility index (Phi) is 4.18. The first-order valence-corrected chi connectivity index (χ1v) is 6.67. The molecule has 0 saturated carbocycles. The van der Waals surface area contributed by atoms with Crippen LogP contribution < -0.4 is 5.32 Å². The Balaban J connectivity index is 2.02. The molecule has 2 aromatic carbocycles. The lowest BCUT2D eigenvalue weighted by molar-refractivity contribution is 0.621. The van der Waals surface area contributed by atoms with Crippen molar-refractivity contribution in [2.45, 2.75) is 6.54 Å². The third-order valence-corrected chi connectivity index (χ3v) is 3.50. The normalized spacial score (nSPS) is 10.3. The van der Waals surface area contributed by atoms with Gasteiger partial charge in [0.2, 0.25) is 0 Å². The van der Waals surface area contributed by atoms with Crippen LogP contribution in [0, 0.1) is 5.82 Å². The van der Waals surface area contributed by atoms with Crippen LogP contribution in [0.15, 0.2) is 51.4 Å². The van der Waals surface area contributed by atoms with E-state index in [0.29, 0.717) is 11.0 Å². The van der Waals surface area contributed by atoms with Gasteiger partial charge in [-0.1, -0.05) is 28.1 Å². The van der Waals surface area contributed by atoms with Gasteiger partial charge in [0.05, 0.1) is 4.47 Å². The fourth-order valence-corrected chi connectivity index (χ4v) is 1.92. The maximum Gasteiger partial charge on any atom is 0.139 e. The third kappa shape index (κ3) is 3.54. The van der Waals surface area contributed by atoms with Crippen molar-refractivity contribution in [2.24, 2.45) is 0 Å². The Morgan fingerprint density at radius 3 is 2.35 bits per heavy atom. The zero-order valence-corrected chi connectivity index (χ0v) is 12.1. The van der Waals surface area contributed by atoms with Gasteiger partial charge in [0.1, 0.15) is 5.82 Å². The van der Waals surface area contributed by atoms with Crippen LogP contribution in [-0.4, -0.2) is 0 Å². The lowest BCUT2D eigenvalue weighted by atomic mass is 10.2. The lowest BCUT2D eigenvalue weighted by Gasteiger charge is -2.07. The summed E-state index contributed by atoms with van der Waals surface area (Å²) in [4.78, 5) is 0. The Labute approximate surface area is 116 Å². The predicted molar refractivity (Wildman–Crippen MR) is 75.6 cm³/mol. The summed E-state index contributed by atoms with van der Waals surface area (Å²) >= 11 is 6.51. The molecule has 0 aliphatic carbocycles. The predicted octanol–water partition coefficient (Wildman–Crippen LogP) is 4.96. The molecule has 0 fully saturated rings. The number of rotatable bonds is 3. The van der Waals surface area contributed by atoms with Crippen molar-refractivity contribution in [2.75, 3.05) is 5.32 Å². The molecule has 0 bridgehead atoms. The van der Waals surface area contributed by atoms with E-state index >= 15 is 0 Å². The summed E-state index contributed by atoms with van der Waals surface area (Å²) in [5.74, 6) is -0.259. The molecule has 0 saturated heterocycles. The molecule has 0 atom stereocenters. The summed E-state index contributed by atoms with van der Waals surface area (Å²) in [6.07, 6.45) is 0. The minimum absolute atomic E-state index is 0.259. The van der Waals surface area contributed by atoms with Crippen LogP contribution in [0.25, 0.3) is 0 Å². The monoisotopic (exact) mass is 357 g/mol. The average molecular weight is 359 g/mol. The molecular weight excluding hydrogens is 349 g/mol. The van der Waals surface area contributed by atoms with Crippen LogP contribution in [0.5, 0.6) is 0 Å². The summed E-state index contributed by atoms with van der Waals surface area (Å²) < 4.78 is 14.8. The second-order valence-corrected chi connectivity index (χ2v) is 5.38. The average Bonchev–Trinajstić information content (AvgIpc) is 2.33. The number of nitrogens with one attached hydrogen (secondary N) is 1. The van der Waals surface area contributed by atoms with Crippen molar-refractivity contribution >= 4 is 37.5 Å². The molecule has 0 heterocycles. The highest BCUT2D eigenvalue weighted by Crippen LogP contribution is 2.20. The van der Waals surface area contributed by atoms with E-state index in [-0.39, 0.29) is 5.82 Å². The summed E-state index contributed by atoms with van der Waals surface area (Å²) in [6.45, 7) is 0.675. The molecule has 0 radical (unpaired) electrons. The summed E-state index contributed by atoms with van der Waals surface area (Å²) in [5, 5.41) is 3.17. The van der Waals surface area contributed by atoms with Gasteiger partial charge in [-0.3, -0.25) is 0 Å². The molecule has 1 N–H and O–H groups in total. The quantitative estimate of drug-likeness (QED) is 0.817. The zero-order valence-electron chi connectivity index (χ0n) is 8.88. The van der Waals surface area contributed by atoms with Crippen LogP contribution in [-0.2, 0) is 6.54 Å². The second kappa shape index (κ2) is 5.65. The van der Waals surface area contributed by atoms with Crippen molar-refractivity contribution in [3.05, 3.63) is 62.8 Å². The molecule has 0 aliphatic heterocycles. The molecule has 0 amide bonds.